The molecule has 2 heterocycles. The van der Waals surface area contributed by atoms with Crippen LogP contribution in [-0.2, 0) is 4.74 Å². The van der Waals surface area contributed by atoms with Crippen LogP contribution in [0.2, 0.25) is 0 Å². The molecule has 0 spiro atoms. The third-order valence-electron chi connectivity index (χ3n) is 5.41. The van der Waals surface area contributed by atoms with E-state index in [2.05, 4.69) is 0 Å². The molecule has 2 aromatic heterocycles. The molecule has 0 bridgehead atoms. The topological polar surface area (TPSA) is 69.7 Å². The average Bonchev–Trinajstić information content (AvgIpc) is 3.36. The zero-order chi connectivity index (χ0) is 20.9. The van der Waals surface area contributed by atoms with E-state index in [1.807, 2.05) is 48.5 Å². The minimum atomic E-state index is -0.739. The molecule has 0 aliphatic carbocycles. The normalized spacial score (nSPS) is 11.5. The molecule has 0 amide bonds. The van der Waals surface area contributed by atoms with Crippen LogP contribution in [0.5, 0.6) is 0 Å². The number of furan rings is 2. The van der Waals surface area contributed by atoms with Crippen LogP contribution in [0.1, 0.15) is 20.7 Å². The Balaban J connectivity index is 1.30. The van der Waals surface area contributed by atoms with E-state index in [-0.39, 0.29) is 11.1 Å². The van der Waals surface area contributed by atoms with Crippen LogP contribution in [0.15, 0.2) is 93.8 Å². The van der Waals surface area contributed by atoms with Gasteiger partial charge in [-0.2, -0.15) is 0 Å². The van der Waals surface area contributed by atoms with Crippen molar-refractivity contribution in [3.05, 3.63) is 96.1 Å². The van der Waals surface area contributed by atoms with Crippen LogP contribution in [0.25, 0.3) is 43.9 Å². The van der Waals surface area contributed by atoms with Crippen molar-refractivity contribution in [3.63, 3.8) is 0 Å². The fraction of sp³-hybridized carbons (Fsp3) is 0. The largest absolute Gasteiger partial charge is 0.456 e. The Morgan fingerprint density at radius 3 is 1.42 bits per heavy atom. The molecule has 0 saturated carbocycles. The lowest BCUT2D eigenvalue weighted by Crippen LogP contribution is -2.12. The number of esters is 2. The summed E-state index contributed by atoms with van der Waals surface area (Å²) in [5, 5.41) is 3.72. The van der Waals surface area contributed by atoms with Crippen molar-refractivity contribution in [1.29, 1.82) is 0 Å². The quantitative estimate of drug-likeness (QED) is 0.243. The highest BCUT2D eigenvalue weighted by Gasteiger charge is 2.18. The summed E-state index contributed by atoms with van der Waals surface area (Å²) >= 11 is 0. The predicted octanol–water partition coefficient (Wildman–Crippen LogP) is 6.48. The molecule has 0 saturated heterocycles. The number of carbonyl (C=O) groups is 2. The van der Waals surface area contributed by atoms with Gasteiger partial charge in [-0.15, -0.1) is 0 Å². The van der Waals surface area contributed by atoms with Gasteiger partial charge in [0.05, 0.1) is 11.1 Å². The maximum Gasteiger partial charge on any atom is 0.346 e. The smallest absolute Gasteiger partial charge is 0.346 e. The van der Waals surface area contributed by atoms with Gasteiger partial charge in [0.1, 0.15) is 22.3 Å². The molecule has 6 aromatic rings. The van der Waals surface area contributed by atoms with Gasteiger partial charge in [0.15, 0.2) is 0 Å². The van der Waals surface area contributed by atoms with E-state index in [1.54, 1.807) is 36.4 Å². The van der Waals surface area contributed by atoms with Gasteiger partial charge in [-0.25, -0.2) is 9.59 Å². The van der Waals surface area contributed by atoms with Gasteiger partial charge in [-0.05, 0) is 48.5 Å². The molecule has 31 heavy (non-hydrogen) atoms. The number of para-hydroxylation sites is 2. The number of hydrogen-bond donors (Lipinski definition) is 0. The second-order valence-corrected chi connectivity index (χ2v) is 7.30. The van der Waals surface area contributed by atoms with E-state index < -0.39 is 11.9 Å². The molecule has 148 valence electrons. The van der Waals surface area contributed by atoms with Crippen LogP contribution in [0, 0.1) is 0 Å². The molecule has 0 aliphatic heterocycles. The van der Waals surface area contributed by atoms with Crippen molar-refractivity contribution in [3.8, 4) is 0 Å². The lowest BCUT2D eigenvalue weighted by atomic mass is 10.1. The molecule has 5 nitrogen and oxygen atoms in total. The van der Waals surface area contributed by atoms with E-state index in [4.69, 9.17) is 13.6 Å². The minimum absolute atomic E-state index is 0.240. The summed E-state index contributed by atoms with van der Waals surface area (Å²) < 4.78 is 16.7. The van der Waals surface area contributed by atoms with Crippen LogP contribution in [0.4, 0.5) is 0 Å². The van der Waals surface area contributed by atoms with Crippen molar-refractivity contribution in [2.24, 2.45) is 0 Å². The van der Waals surface area contributed by atoms with E-state index >= 15 is 0 Å². The molecule has 0 atom stereocenters. The molecule has 0 fully saturated rings. The highest BCUT2D eigenvalue weighted by molar-refractivity contribution is 6.10. The summed E-state index contributed by atoms with van der Waals surface area (Å²) in [5.74, 6) is -1.48. The SMILES string of the molecule is O=C(OC(=O)c1ccc2c(c1)oc1ccccc12)c1ccc2c(c1)oc1ccccc12. The fourth-order valence-electron chi connectivity index (χ4n) is 3.91. The summed E-state index contributed by atoms with van der Waals surface area (Å²) in [5.41, 5.74) is 3.07. The van der Waals surface area contributed by atoms with Crippen molar-refractivity contribution in [2.45, 2.75) is 0 Å². The number of fused-ring (bicyclic) bond motifs is 6. The third kappa shape index (κ3) is 2.79. The minimum Gasteiger partial charge on any atom is -0.456 e. The first kappa shape index (κ1) is 17.5. The Hall–Kier alpha value is -4.38. The molecule has 5 heteroatoms. The molecule has 0 unspecified atom stereocenters. The van der Waals surface area contributed by atoms with E-state index in [0.717, 1.165) is 32.7 Å². The van der Waals surface area contributed by atoms with Gasteiger partial charge >= 0.3 is 11.9 Å². The van der Waals surface area contributed by atoms with Gasteiger partial charge in [0.25, 0.3) is 0 Å². The summed E-state index contributed by atoms with van der Waals surface area (Å²) in [6.07, 6.45) is 0. The van der Waals surface area contributed by atoms with Crippen molar-refractivity contribution in [1.82, 2.24) is 0 Å². The number of carbonyl (C=O) groups excluding carboxylic acids is 2. The fourth-order valence-corrected chi connectivity index (χ4v) is 3.91. The zero-order valence-corrected chi connectivity index (χ0v) is 16.1. The Morgan fingerprint density at radius 2 is 0.935 bits per heavy atom. The molecule has 6 rings (SSSR count). The monoisotopic (exact) mass is 406 g/mol. The molecular weight excluding hydrogens is 392 g/mol. The second kappa shape index (κ2) is 6.57. The molecular formula is C26H14O5. The molecule has 4 aromatic carbocycles. The van der Waals surface area contributed by atoms with Crippen molar-refractivity contribution < 1.29 is 23.2 Å². The highest BCUT2D eigenvalue weighted by Crippen LogP contribution is 2.30. The lowest BCUT2D eigenvalue weighted by Gasteiger charge is -2.03. The maximum absolute atomic E-state index is 12.6. The number of ether oxygens (including phenoxy) is 1. The van der Waals surface area contributed by atoms with Crippen LogP contribution >= 0.6 is 0 Å². The van der Waals surface area contributed by atoms with Gasteiger partial charge in [-0.3, -0.25) is 0 Å². The first-order chi connectivity index (χ1) is 15.2. The Morgan fingerprint density at radius 1 is 0.516 bits per heavy atom. The van der Waals surface area contributed by atoms with Crippen molar-refractivity contribution >= 4 is 55.8 Å². The first-order valence-electron chi connectivity index (χ1n) is 9.76. The van der Waals surface area contributed by atoms with Gasteiger partial charge in [0, 0.05) is 21.5 Å². The molecule has 0 N–H and O–H groups in total. The number of benzene rings is 4. The third-order valence-corrected chi connectivity index (χ3v) is 5.41. The summed E-state index contributed by atoms with van der Waals surface area (Å²) in [4.78, 5) is 25.2. The summed E-state index contributed by atoms with van der Waals surface area (Å²) in [7, 11) is 0. The van der Waals surface area contributed by atoms with E-state index in [9.17, 15) is 9.59 Å². The van der Waals surface area contributed by atoms with Crippen LogP contribution in [-0.4, -0.2) is 11.9 Å². The predicted molar refractivity (Wildman–Crippen MR) is 117 cm³/mol. The van der Waals surface area contributed by atoms with E-state index in [0.29, 0.717) is 11.2 Å². The second-order valence-electron chi connectivity index (χ2n) is 7.30. The molecule has 0 aliphatic rings. The van der Waals surface area contributed by atoms with Crippen LogP contribution < -0.4 is 0 Å². The molecule has 0 radical (unpaired) electrons. The van der Waals surface area contributed by atoms with Crippen molar-refractivity contribution in [2.75, 3.05) is 0 Å². The van der Waals surface area contributed by atoms with Crippen LogP contribution in [0.3, 0.4) is 0 Å². The number of hydrogen-bond acceptors (Lipinski definition) is 5. The highest BCUT2D eigenvalue weighted by atomic mass is 16.6. The standard InChI is InChI=1S/C26H14O5/c27-25(15-9-11-19-17-5-1-3-7-21(17)29-23(19)13-15)31-26(28)16-10-12-20-18-6-2-4-8-22(18)30-24(20)14-16/h1-14H. The van der Waals surface area contributed by atoms with Gasteiger partial charge < -0.3 is 13.6 Å². The lowest BCUT2D eigenvalue weighted by molar-refractivity contribution is 0.0398. The maximum atomic E-state index is 12.6. The summed E-state index contributed by atoms with van der Waals surface area (Å²) in [6, 6.07) is 25.3. The Bertz CT molecular complexity index is 1530. The number of rotatable bonds is 2. The average molecular weight is 406 g/mol. The first-order valence-corrected chi connectivity index (χ1v) is 9.76. The van der Waals surface area contributed by atoms with Gasteiger partial charge in [0.2, 0.25) is 0 Å². The Kier molecular flexibility index (Phi) is 3.70. The Labute approximate surface area is 175 Å². The van der Waals surface area contributed by atoms with E-state index in [1.165, 1.54) is 0 Å². The summed E-state index contributed by atoms with van der Waals surface area (Å²) in [6.45, 7) is 0. The zero-order valence-electron chi connectivity index (χ0n) is 16.1. The van der Waals surface area contributed by atoms with Gasteiger partial charge in [-0.1, -0.05) is 36.4 Å².